The van der Waals surface area contributed by atoms with Gasteiger partial charge in [-0.15, -0.1) is 0 Å². The van der Waals surface area contributed by atoms with E-state index >= 15 is 0 Å². The monoisotopic (exact) mass is 316 g/mol. The highest BCUT2D eigenvalue weighted by Gasteiger charge is 2.21. The summed E-state index contributed by atoms with van der Waals surface area (Å²) in [5.74, 6) is -0.951. The van der Waals surface area contributed by atoms with Crippen LogP contribution < -0.4 is 9.03 Å². The van der Waals surface area contributed by atoms with Crippen molar-refractivity contribution in [3.05, 3.63) is 30.3 Å². The number of nitrogens with zero attached hydrogens (tertiary/aromatic N) is 1. The van der Waals surface area contributed by atoms with Crippen molar-refractivity contribution < 1.29 is 23.1 Å². The number of rotatable bonds is 10. The molecule has 0 amide bonds. The van der Waals surface area contributed by atoms with Gasteiger partial charge in [-0.3, -0.25) is 9.10 Å². The second-order valence-corrected chi connectivity index (χ2v) is 5.98. The van der Waals surface area contributed by atoms with Gasteiger partial charge in [-0.2, -0.15) is 13.1 Å². The maximum absolute atomic E-state index is 12.3. The molecule has 0 aliphatic rings. The van der Waals surface area contributed by atoms with Gasteiger partial charge in [0.25, 0.3) is 0 Å². The molecular weight excluding hydrogens is 296 g/mol. The molecule has 0 fully saturated rings. The first-order chi connectivity index (χ1) is 9.97. The molecule has 7 nitrogen and oxygen atoms in total. The van der Waals surface area contributed by atoms with Crippen LogP contribution in [0.25, 0.3) is 0 Å². The number of carboxylic acids is 1. The first-order valence-electron chi connectivity index (χ1n) is 6.50. The van der Waals surface area contributed by atoms with Crippen LogP contribution in [0.15, 0.2) is 30.3 Å². The topological polar surface area (TPSA) is 95.9 Å². The Morgan fingerprint density at radius 3 is 2.57 bits per heavy atom. The number of hydrogen-bond acceptors (Lipinski definition) is 4. The summed E-state index contributed by atoms with van der Waals surface area (Å²) in [6, 6.07) is 8.56. The van der Waals surface area contributed by atoms with E-state index in [0.29, 0.717) is 5.69 Å². The molecule has 0 atom stereocenters. The molecule has 8 heteroatoms. The molecule has 1 aromatic rings. The summed E-state index contributed by atoms with van der Waals surface area (Å²) in [5, 5.41) is 8.67. The molecule has 0 aliphatic heterocycles. The van der Waals surface area contributed by atoms with Gasteiger partial charge in [-0.1, -0.05) is 18.2 Å². The van der Waals surface area contributed by atoms with Crippen molar-refractivity contribution in [2.45, 2.75) is 12.8 Å². The van der Waals surface area contributed by atoms with Crippen molar-refractivity contribution in [2.24, 2.45) is 0 Å². The predicted octanol–water partition coefficient (Wildman–Crippen LogP) is 0.839. The fourth-order valence-electron chi connectivity index (χ4n) is 1.71. The Balaban J connectivity index is 2.83. The molecule has 118 valence electrons. The number of nitrogens with one attached hydrogen (secondary N) is 1. The number of benzene rings is 1. The van der Waals surface area contributed by atoms with E-state index in [0.717, 1.165) is 0 Å². The zero-order valence-corrected chi connectivity index (χ0v) is 12.7. The smallest absolute Gasteiger partial charge is 0.303 e. The third kappa shape index (κ3) is 6.11. The van der Waals surface area contributed by atoms with Gasteiger partial charge in [0.15, 0.2) is 0 Å². The summed E-state index contributed by atoms with van der Waals surface area (Å²) in [6.45, 7) is 0.511. The van der Waals surface area contributed by atoms with E-state index in [1.165, 1.54) is 11.4 Å². The second kappa shape index (κ2) is 8.60. The van der Waals surface area contributed by atoms with Gasteiger partial charge >= 0.3 is 16.2 Å². The highest BCUT2D eigenvalue weighted by atomic mass is 32.2. The summed E-state index contributed by atoms with van der Waals surface area (Å²) in [6.07, 6.45) is 0.145. The first-order valence-corrected chi connectivity index (χ1v) is 7.94. The largest absolute Gasteiger partial charge is 0.481 e. The summed E-state index contributed by atoms with van der Waals surface area (Å²) in [4.78, 5) is 10.6. The molecule has 0 aliphatic carbocycles. The van der Waals surface area contributed by atoms with Gasteiger partial charge in [-0.05, 0) is 18.6 Å². The summed E-state index contributed by atoms with van der Waals surface area (Å²) < 4.78 is 33.0. The van der Waals surface area contributed by atoms with Crippen LogP contribution in [-0.4, -0.2) is 46.3 Å². The Morgan fingerprint density at radius 1 is 1.33 bits per heavy atom. The fourth-order valence-corrected chi connectivity index (χ4v) is 2.97. The van der Waals surface area contributed by atoms with E-state index in [1.807, 2.05) is 0 Å². The summed E-state index contributed by atoms with van der Waals surface area (Å²) >= 11 is 0. The molecule has 21 heavy (non-hydrogen) atoms. The highest BCUT2D eigenvalue weighted by Crippen LogP contribution is 2.17. The van der Waals surface area contributed by atoms with Crippen LogP contribution in [-0.2, 0) is 19.7 Å². The number of hydrogen-bond donors (Lipinski definition) is 2. The molecular formula is C13H20N2O5S. The molecule has 2 N–H and O–H groups in total. The molecule has 0 radical (unpaired) electrons. The number of para-hydroxylation sites is 1. The minimum Gasteiger partial charge on any atom is -0.481 e. The van der Waals surface area contributed by atoms with Crippen LogP contribution in [0, 0.1) is 0 Å². The number of carbonyl (C=O) groups is 1. The van der Waals surface area contributed by atoms with Crippen LogP contribution in [0.3, 0.4) is 0 Å². The van der Waals surface area contributed by atoms with Crippen LogP contribution in [0.2, 0.25) is 0 Å². The predicted molar refractivity (Wildman–Crippen MR) is 79.5 cm³/mol. The standard InChI is InChI=1S/C13H20N2O5S/c1-20-11-9-14-21(18,19)15(10-5-8-13(16)17)12-6-3-2-4-7-12/h2-4,6-7,14H,5,8-11H2,1H3,(H,16,17). The van der Waals surface area contributed by atoms with Gasteiger partial charge in [0.2, 0.25) is 0 Å². The number of aliphatic carboxylic acids is 1. The summed E-state index contributed by atoms with van der Waals surface area (Å²) in [7, 11) is -2.25. The Morgan fingerprint density at radius 2 is 2.00 bits per heavy atom. The van der Waals surface area contributed by atoms with E-state index in [1.54, 1.807) is 30.3 Å². The highest BCUT2D eigenvalue weighted by molar-refractivity contribution is 7.90. The average molecular weight is 316 g/mol. The molecule has 0 aromatic heterocycles. The lowest BCUT2D eigenvalue weighted by molar-refractivity contribution is -0.137. The van der Waals surface area contributed by atoms with E-state index in [2.05, 4.69) is 4.72 Å². The Hall–Kier alpha value is -1.64. The minimum absolute atomic E-state index is 0.0864. The zero-order valence-electron chi connectivity index (χ0n) is 11.9. The quantitative estimate of drug-likeness (QED) is 0.624. The third-order valence-electron chi connectivity index (χ3n) is 2.68. The van der Waals surface area contributed by atoms with E-state index in [-0.39, 0.29) is 32.5 Å². The maximum atomic E-state index is 12.3. The Kier molecular flexibility index (Phi) is 7.13. The van der Waals surface area contributed by atoms with Crippen molar-refractivity contribution in [3.63, 3.8) is 0 Å². The van der Waals surface area contributed by atoms with E-state index < -0.39 is 16.2 Å². The molecule has 0 heterocycles. The SMILES string of the molecule is COCCNS(=O)(=O)N(CCCC(=O)O)c1ccccc1. The third-order valence-corrected chi connectivity index (χ3v) is 4.22. The van der Waals surface area contributed by atoms with E-state index in [4.69, 9.17) is 9.84 Å². The number of ether oxygens (including phenoxy) is 1. The van der Waals surface area contributed by atoms with Crippen LogP contribution in [0.5, 0.6) is 0 Å². The molecule has 0 spiro atoms. The van der Waals surface area contributed by atoms with Gasteiger partial charge in [-0.25, -0.2) is 0 Å². The lowest BCUT2D eigenvalue weighted by atomic mass is 10.3. The molecule has 1 aromatic carbocycles. The van der Waals surface area contributed by atoms with Crippen LogP contribution in [0.4, 0.5) is 5.69 Å². The summed E-state index contributed by atoms with van der Waals surface area (Å²) in [5.41, 5.74) is 0.493. The number of carboxylic acid groups (broad SMARTS) is 1. The van der Waals surface area contributed by atoms with Crippen molar-refractivity contribution >= 4 is 21.9 Å². The average Bonchev–Trinajstić information content (AvgIpc) is 2.44. The lowest BCUT2D eigenvalue weighted by Crippen LogP contribution is -2.42. The van der Waals surface area contributed by atoms with Gasteiger partial charge in [0.1, 0.15) is 0 Å². The first kappa shape index (κ1) is 17.4. The van der Waals surface area contributed by atoms with Crippen molar-refractivity contribution in [2.75, 3.05) is 31.1 Å². The van der Waals surface area contributed by atoms with E-state index in [9.17, 15) is 13.2 Å². The molecule has 1 rings (SSSR count). The zero-order chi connectivity index (χ0) is 15.7. The molecule has 0 unspecified atom stereocenters. The van der Waals surface area contributed by atoms with Crippen molar-refractivity contribution in [1.29, 1.82) is 0 Å². The second-order valence-electron chi connectivity index (χ2n) is 4.30. The normalized spacial score (nSPS) is 11.3. The Labute approximate surface area is 124 Å². The lowest BCUT2D eigenvalue weighted by Gasteiger charge is -2.24. The van der Waals surface area contributed by atoms with Crippen LogP contribution >= 0.6 is 0 Å². The minimum atomic E-state index is -3.74. The fraction of sp³-hybridized carbons (Fsp3) is 0.462. The van der Waals surface area contributed by atoms with Gasteiger partial charge in [0.05, 0.1) is 12.3 Å². The molecule has 0 bridgehead atoms. The maximum Gasteiger partial charge on any atom is 0.303 e. The molecule has 0 saturated heterocycles. The van der Waals surface area contributed by atoms with Gasteiger partial charge < -0.3 is 9.84 Å². The van der Waals surface area contributed by atoms with Crippen LogP contribution in [0.1, 0.15) is 12.8 Å². The molecule has 0 saturated carbocycles. The number of methoxy groups -OCH3 is 1. The van der Waals surface area contributed by atoms with Crippen molar-refractivity contribution in [3.8, 4) is 0 Å². The van der Waals surface area contributed by atoms with Crippen molar-refractivity contribution in [1.82, 2.24) is 4.72 Å². The Bertz CT molecular complexity index is 533. The number of anilines is 1. The van der Waals surface area contributed by atoms with Gasteiger partial charge in [0, 0.05) is 26.6 Å².